The topological polar surface area (TPSA) is 50.7 Å². The molecule has 5 heteroatoms. The first-order chi connectivity index (χ1) is 9.17. The first-order valence-corrected chi connectivity index (χ1v) is 6.88. The van der Waals surface area contributed by atoms with Crippen molar-refractivity contribution in [1.82, 2.24) is 0 Å². The van der Waals surface area contributed by atoms with Gasteiger partial charge < -0.3 is 19.9 Å². The van der Waals surface area contributed by atoms with E-state index < -0.39 is 6.10 Å². The summed E-state index contributed by atoms with van der Waals surface area (Å²) < 4.78 is 10.5. The minimum absolute atomic E-state index is 0.328. The lowest BCUT2D eigenvalue weighted by molar-refractivity contribution is 0.0422. The first kappa shape index (κ1) is 16.1. The van der Waals surface area contributed by atoms with E-state index in [0.717, 1.165) is 24.3 Å². The van der Waals surface area contributed by atoms with Crippen molar-refractivity contribution in [1.29, 1.82) is 0 Å². The molecule has 1 rings (SSSR count). The van der Waals surface area contributed by atoms with Crippen LogP contribution in [0.3, 0.4) is 0 Å². The molecule has 1 unspecified atom stereocenters. The average Bonchev–Trinajstić information content (AvgIpc) is 2.43. The van der Waals surface area contributed by atoms with Crippen molar-refractivity contribution >= 4 is 17.3 Å². The maximum atomic E-state index is 9.77. The van der Waals surface area contributed by atoms with Crippen LogP contribution in [-0.4, -0.2) is 38.1 Å². The van der Waals surface area contributed by atoms with Gasteiger partial charge in [0, 0.05) is 19.2 Å². The lowest BCUT2D eigenvalue weighted by Crippen LogP contribution is -2.25. The molecular formula is C14H22ClNO3. The highest BCUT2D eigenvalue weighted by Crippen LogP contribution is 2.26. The molecule has 1 atom stereocenters. The van der Waals surface area contributed by atoms with Crippen LogP contribution in [-0.2, 0) is 4.74 Å². The summed E-state index contributed by atoms with van der Waals surface area (Å²) in [6.45, 7) is 3.51. The van der Waals surface area contributed by atoms with Crippen LogP contribution in [0, 0.1) is 0 Å². The number of methoxy groups -OCH3 is 1. The van der Waals surface area contributed by atoms with E-state index in [2.05, 4.69) is 12.2 Å². The average molecular weight is 288 g/mol. The number of hydrogen-bond acceptors (Lipinski definition) is 4. The molecule has 0 fully saturated rings. The molecule has 0 aromatic heterocycles. The standard InChI is InChI=1S/C14H22ClNO3/c1-3-4-7-19-10-11(17)9-16-14-8-12(18-2)5-6-13(14)15/h5-6,8,11,16-17H,3-4,7,9-10H2,1-2H3. The van der Waals surface area contributed by atoms with Gasteiger partial charge in [-0.1, -0.05) is 24.9 Å². The van der Waals surface area contributed by atoms with Gasteiger partial charge in [0.15, 0.2) is 0 Å². The van der Waals surface area contributed by atoms with Gasteiger partial charge in [0.05, 0.1) is 30.5 Å². The Balaban J connectivity index is 2.34. The molecule has 0 bridgehead atoms. The highest BCUT2D eigenvalue weighted by molar-refractivity contribution is 6.33. The Morgan fingerprint density at radius 1 is 1.42 bits per heavy atom. The third-order valence-corrected chi connectivity index (χ3v) is 2.98. The summed E-state index contributed by atoms with van der Waals surface area (Å²) in [5.41, 5.74) is 0.744. The molecule has 1 aromatic rings. The normalized spacial score (nSPS) is 12.2. The van der Waals surface area contributed by atoms with E-state index in [-0.39, 0.29) is 0 Å². The van der Waals surface area contributed by atoms with Gasteiger partial charge in [-0.3, -0.25) is 0 Å². The van der Waals surface area contributed by atoms with E-state index in [0.29, 0.717) is 24.8 Å². The van der Waals surface area contributed by atoms with Crippen LogP contribution in [0.15, 0.2) is 18.2 Å². The molecule has 0 aliphatic rings. The second kappa shape index (κ2) is 9.02. The van der Waals surface area contributed by atoms with Crippen molar-refractivity contribution in [3.05, 3.63) is 23.2 Å². The maximum Gasteiger partial charge on any atom is 0.121 e. The van der Waals surface area contributed by atoms with Crippen molar-refractivity contribution in [2.24, 2.45) is 0 Å². The monoisotopic (exact) mass is 287 g/mol. The van der Waals surface area contributed by atoms with Crippen molar-refractivity contribution in [3.8, 4) is 5.75 Å². The van der Waals surface area contributed by atoms with Crippen molar-refractivity contribution in [2.75, 3.05) is 32.2 Å². The number of aliphatic hydroxyl groups is 1. The van der Waals surface area contributed by atoms with E-state index >= 15 is 0 Å². The number of rotatable bonds is 9. The Bertz CT molecular complexity index is 374. The fourth-order valence-corrected chi connectivity index (χ4v) is 1.70. The van der Waals surface area contributed by atoms with Gasteiger partial charge in [-0.05, 0) is 18.6 Å². The van der Waals surface area contributed by atoms with E-state index in [4.69, 9.17) is 21.1 Å². The van der Waals surface area contributed by atoms with Crippen molar-refractivity contribution in [3.63, 3.8) is 0 Å². The second-order valence-corrected chi connectivity index (χ2v) is 4.72. The van der Waals surface area contributed by atoms with Gasteiger partial charge in [-0.15, -0.1) is 0 Å². The lowest BCUT2D eigenvalue weighted by atomic mass is 10.3. The number of ether oxygens (including phenoxy) is 2. The van der Waals surface area contributed by atoms with Crippen LogP contribution in [0.25, 0.3) is 0 Å². The smallest absolute Gasteiger partial charge is 0.121 e. The third kappa shape index (κ3) is 6.14. The predicted molar refractivity (Wildman–Crippen MR) is 78.2 cm³/mol. The van der Waals surface area contributed by atoms with Crippen LogP contribution >= 0.6 is 11.6 Å². The van der Waals surface area contributed by atoms with E-state index in [1.807, 2.05) is 0 Å². The van der Waals surface area contributed by atoms with E-state index in [9.17, 15) is 5.11 Å². The lowest BCUT2D eigenvalue weighted by Gasteiger charge is -2.14. The number of hydrogen-bond donors (Lipinski definition) is 2. The summed E-state index contributed by atoms with van der Waals surface area (Å²) >= 11 is 6.05. The van der Waals surface area contributed by atoms with Gasteiger partial charge in [0.2, 0.25) is 0 Å². The van der Waals surface area contributed by atoms with Crippen LogP contribution in [0.5, 0.6) is 5.75 Å². The Kier molecular flexibility index (Phi) is 7.63. The molecule has 4 nitrogen and oxygen atoms in total. The molecule has 19 heavy (non-hydrogen) atoms. The summed E-state index contributed by atoms with van der Waals surface area (Å²) in [6, 6.07) is 5.34. The summed E-state index contributed by atoms with van der Waals surface area (Å²) in [4.78, 5) is 0. The number of anilines is 1. The predicted octanol–water partition coefficient (Wildman–Crippen LogP) is 2.94. The van der Waals surface area contributed by atoms with E-state index in [1.54, 1.807) is 25.3 Å². The molecule has 0 aliphatic carbocycles. The summed E-state index contributed by atoms with van der Waals surface area (Å²) in [7, 11) is 1.60. The quantitative estimate of drug-likeness (QED) is 0.686. The number of unbranched alkanes of at least 4 members (excludes halogenated alkanes) is 1. The molecule has 0 saturated carbocycles. The SMILES string of the molecule is CCCCOCC(O)CNc1cc(OC)ccc1Cl. The maximum absolute atomic E-state index is 9.77. The van der Waals surface area contributed by atoms with Gasteiger partial charge in [-0.2, -0.15) is 0 Å². The molecule has 0 spiro atoms. The molecule has 0 heterocycles. The highest BCUT2D eigenvalue weighted by atomic mass is 35.5. The summed E-state index contributed by atoms with van der Waals surface area (Å²) in [5, 5.41) is 13.4. The zero-order valence-corrected chi connectivity index (χ0v) is 12.2. The molecule has 0 aliphatic heterocycles. The first-order valence-electron chi connectivity index (χ1n) is 6.50. The number of halogens is 1. The summed E-state index contributed by atoms with van der Waals surface area (Å²) in [6.07, 6.45) is 1.55. The molecule has 0 amide bonds. The zero-order valence-electron chi connectivity index (χ0n) is 11.5. The Morgan fingerprint density at radius 3 is 2.89 bits per heavy atom. The van der Waals surface area contributed by atoms with Crippen LogP contribution in [0.4, 0.5) is 5.69 Å². The van der Waals surface area contributed by atoms with Gasteiger partial charge in [0.25, 0.3) is 0 Å². The molecule has 108 valence electrons. The molecular weight excluding hydrogens is 266 g/mol. The fraction of sp³-hybridized carbons (Fsp3) is 0.571. The van der Waals surface area contributed by atoms with Gasteiger partial charge in [-0.25, -0.2) is 0 Å². The zero-order chi connectivity index (χ0) is 14.1. The van der Waals surface area contributed by atoms with Crippen LogP contribution in [0.1, 0.15) is 19.8 Å². The molecule has 0 saturated heterocycles. The third-order valence-electron chi connectivity index (χ3n) is 2.65. The van der Waals surface area contributed by atoms with Crippen LogP contribution in [0.2, 0.25) is 5.02 Å². The second-order valence-electron chi connectivity index (χ2n) is 4.31. The largest absolute Gasteiger partial charge is 0.497 e. The van der Waals surface area contributed by atoms with Crippen LogP contribution < -0.4 is 10.1 Å². The van der Waals surface area contributed by atoms with Gasteiger partial charge >= 0.3 is 0 Å². The minimum Gasteiger partial charge on any atom is -0.497 e. The minimum atomic E-state index is -0.556. The number of benzene rings is 1. The van der Waals surface area contributed by atoms with Crippen molar-refractivity contribution in [2.45, 2.75) is 25.9 Å². The number of nitrogens with one attached hydrogen (secondary N) is 1. The van der Waals surface area contributed by atoms with E-state index in [1.165, 1.54) is 0 Å². The number of aliphatic hydroxyl groups excluding tert-OH is 1. The van der Waals surface area contributed by atoms with Crippen molar-refractivity contribution < 1.29 is 14.6 Å². The van der Waals surface area contributed by atoms with Gasteiger partial charge in [0.1, 0.15) is 5.75 Å². The Labute approximate surface area is 119 Å². The molecule has 1 aromatic carbocycles. The molecule has 2 N–H and O–H groups in total. The Hall–Kier alpha value is -0.970. The fourth-order valence-electron chi connectivity index (χ4n) is 1.52. The highest BCUT2D eigenvalue weighted by Gasteiger charge is 2.07. The summed E-state index contributed by atoms with van der Waals surface area (Å²) in [5.74, 6) is 0.723. The Morgan fingerprint density at radius 2 is 2.21 bits per heavy atom. The molecule has 0 radical (unpaired) electrons.